The molecule has 11 heteroatoms. The van der Waals surface area contributed by atoms with Crippen LogP contribution in [0.5, 0.6) is 0 Å². The molecule has 0 aliphatic heterocycles. The predicted molar refractivity (Wildman–Crippen MR) is 127 cm³/mol. The van der Waals surface area contributed by atoms with Gasteiger partial charge in [0, 0.05) is 17.7 Å². The molecule has 0 fully saturated rings. The normalized spacial score (nSPS) is 13.3. The van der Waals surface area contributed by atoms with Crippen molar-refractivity contribution >= 4 is 49.6 Å². The quantitative estimate of drug-likeness (QED) is 0.494. The third-order valence-electron chi connectivity index (χ3n) is 5.19. The van der Waals surface area contributed by atoms with Crippen LogP contribution in [0.4, 0.5) is 5.00 Å². The first kappa shape index (κ1) is 23.3. The second kappa shape index (κ2) is 9.58. The highest BCUT2D eigenvalue weighted by Crippen LogP contribution is 2.38. The highest BCUT2D eigenvalue weighted by Gasteiger charge is 2.28. The summed E-state index contributed by atoms with van der Waals surface area (Å²) in [5.41, 5.74) is 2.07. The molecule has 0 saturated heterocycles. The fraction of sp³-hybridized carbons (Fsp3) is 0.273. The van der Waals surface area contributed by atoms with Crippen LogP contribution in [0.3, 0.4) is 0 Å². The first-order chi connectivity index (χ1) is 15.7. The molecule has 2 heterocycles. The van der Waals surface area contributed by atoms with Gasteiger partial charge in [-0.1, -0.05) is 41.9 Å². The Morgan fingerprint density at radius 1 is 1.12 bits per heavy atom. The van der Waals surface area contributed by atoms with Crippen molar-refractivity contribution in [1.82, 2.24) is 15.3 Å². The first-order valence-corrected chi connectivity index (χ1v) is 13.3. The Bertz CT molecular complexity index is 1320. The van der Waals surface area contributed by atoms with E-state index in [9.17, 15) is 18.0 Å². The number of anilines is 1. The highest BCUT2D eigenvalue weighted by atomic mass is 35.5. The molecule has 0 radical (unpaired) electrons. The van der Waals surface area contributed by atoms with Crippen molar-refractivity contribution in [1.29, 1.82) is 0 Å². The Morgan fingerprint density at radius 2 is 1.85 bits per heavy atom. The Kier molecular flexibility index (Phi) is 6.78. The number of nitrogens with zero attached hydrogens (tertiary/aromatic N) is 2. The van der Waals surface area contributed by atoms with Crippen LogP contribution in [0.25, 0.3) is 0 Å². The van der Waals surface area contributed by atoms with Crippen molar-refractivity contribution in [2.24, 2.45) is 0 Å². The number of halogens is 1. The maximum Gasteiger partial charge on any atom is 0.276 e. The fourth-order valence-electron chi connectivity index (χ4n) is 3.61. The zero-order valence-corrected chi connectivity index (χ0v) is 20.1. The smallest absolute Gasteiger partial charge is 0.276 e. The molecular weight excluding hydrogens is 484 g/mol. The van der Waals surface area contributed by atoms with Crippen LogP contribution in [-0.2, 0) is 29.2 Å². The Balaban J connectivity index is 1.63. The third-order valence-corrected chi connectivity index (χ3v) is 7.53. The van der Waals surface area contributed by atoms with Gasteiger partial charge in [-0.3, -0.25) is 9.59 Å². The third kappa shape index (κ3) is 5.23. The second-order valence-electron chi connectivity index (χ2n) is 7.66. The van der Waals surface area contributed by atoms with Gasteiger partial charge >= 0.3 is 0 Å². The maximum atomic E-state index is 13.2. The topological polar surface area (TPSA) is 118 Å². The molecule has 1 aliphatic carbocycles. The summed E-state index contributed by atoms with van der Waals surface area (Å²) in [6.45, 7) is 0.354. The van der Waals surface area contributed by atoms with E-state index in [1.165, 1.54) is 11.3 Å². The summed E-state index contributed by atoms with van der Waals surface area (Å²) in [6.07, 6.45) is 5.59. The van der Waals surface area contributed by atoms with Gasteiger partial charge in [0.25, 0.3) is 11.8 Å². The van der Waals surface area contributed by atoms with Crippen LogP contribution < -0.4 is 10.6 Å². The van der Waals surface area contributed by atoms with Crippen LogP contribution in [0.15, 0.2) is 41.7 Å². The van der Waals surface area contributed by atoms with E-state index in [2.05, 4.69) is 20.6 Å². The van der Waals surface area contributed by atoms with E-state index in [-0.39, 0.29) is 16.6 Å². The molecule has 33 heavy (non-hydrogen) atoms. The zero-order valence-electron chi connectivity index (χ0n) is 17.7. The van der Waals surface area contributed by atoms with Gasteiger partial charge < -0.3 is 10.6 Å². The Morgan fingerprint density at radius 3 is 2.58 bits per heavy atom. The number of hydrogen-bond donors (Lipinski definition) is 2. The van der Waals surface area contributed by atoms with Crippen molar-refractivity contribution in [2.45, 2.75) is 37.4 Å². The minimum Gasteiger partial charge on any atom is -0.348 e. The summed E-state index contributed by atoms with van der Waals surface area (Å²) >= 11 is 7.42. The minimum atomic E-state index is -3.73. The molecule has 4 rings (SSSR count). The van der Waals surface area contributed by atoms with Gasteiger partial charge in [-0.2, -0.15) is 0 Å². The number of aryl methyl sites for hydroxylation is 1. The summed E-state index contributed by atoms with van der Waals surface area (Å²) in [4.78, 5) is 34.7. The van der Waals surface area contributed by atoms with Crippen LogP contribution in [0.2, 0.25) is 5.02 Å². The number of nitrogens with one attached hydrogen (secondary N) is 2. The number of hydrogen-bond acceptors (Lipinski definition) is 7. The second-order valence-corrected chi connectivity index (χ2v) is 11.1. The number of amides is 2. The number of benzene rings is 1. The lowest BCUT2D eigenvalue weighted by Gasteiger charge is -2.13. The number of rotatable bonds is 6. The SMILES string of the molecule is CS(=O)(=O)c1ncc(Cl)c(C(=O)Nc2sc3c(c2C(=O)NCc2ccccc2)CCCC3)n1. The van der Waals surface area contributed by atoms with Crippen molar-refractivity contribution in [3.8, 4) is 0 Å². The number of carbonyl (C=O) groups excluding carboxylic acids is 2. The van der Waals surface area contributed by atoms with Gasteiger partial charge in [0.15, 0.2) is 5.69 Å². The molecule has 3 aromatic rings. The minimum absolute atomic E-state index is 0.0868. The molecule has 2 amide bonds. The van der Waals surface area contributed by atoms with Crippen LogP contribution in [0.1, 0.15) is 49.7 Å². The lowest BCUT2D eigenvalue weighted by Crippen LogP contribution is -2.25. The van der Waals surface area contributed by atoms with Crippen molar-refractivity contribution in [2.75, 3.05) is 11.6 Å². The zero-order chi connectivity index (χ0) is 23.6. The van der Waals surface area contributed by atoms with Gasteiger partial charge in [0.2, 0.25) is 15.0 Å². The lowest BCUT2D eigenvalue weighted by molar-refractivity contribution is 0.0951. The molecule has 0 bridgehead atoms. The maximum absolute atomic E-state index is 13.2. The molecule has 8 nitrogen and oxygen atoms in total. The Labute approximate surface area is 200 Å². The number of thiophene rings is 1. The van der Waals surface area contributed by atoms with E-state index < -0.39 is 20.9 Å². The average molecular weight is 505 g/mol. The van der Waals surface area contributed by atoms with E-state index in [1.807, 2.05) is 30.3 Å². The molecule has 0 spiro atoms. The van der Waals surface area contributed by atoms with Crippen LogP contribution in [-0.4, -0.2) is 36.5 Å². The van der Waals surface area contributed by atoms with E-state index in [4.69, 9.17) is 11.6 Å². The number of aromatic nitrogens is 2. The summed E-state index contributed by atoms with van der Waals surface area (Å²) < 4.78 is 23.6. The lowest BCUT2D eigenvalue weighted by atomic mass is 9.95. The monoisotopic (exact) mass is 504 g/mol. The standard InChI is InChI=1S/C22H21ClN4O4S2/c1-33(30,31)22-25-12-15(23)18(26-22)20(29)27-21-17(14-9-5-6-10-16(14)32-21)19(28)24-11-13-7-3-2-4-8-13/h2-4,7-8,12H,5-6,9-11H2,1H3,(H,24,28)(H,27,29). The fourth-order valence-corrected chi connectivity index (χ4v) is 5.57. The van der Waals surface area contributed by atoms with E-state index in [0.717, 1.165) is 54.1 Å². The first-order valence-electron chi connectivity index (χ1n) is 10.2. The molecule has 0 unspecified atom stereocenters. The van der Waals surface area contributed by atoms with E-state index in [1.54, 1.807) is 0 Å². The van der Waals surface area contributed by atoms with E-state index in [0.29, 0.717) is 17.1 Å². The van der Waals surface area contributed by atoms with Gasteiger partial charge in [-0.05, 0) is 36.8 Å². The van der Waals surface area contributed by atoms with Gasteiger partial charge in [-0.25, -0.2) is 18.4 Å². The van der Waals surface area contributed by atoms with Crippen LogP contribution in [0, 0.1) is 0 Å². The summed E-state index contributed by atoms with van der Waals surface area (Å²) in [6, 6.07) is 9.54. The van der Waals surface area contributed by atoms with Gasteiger partial charge in [0.05, 0.1) is 16.8 Å². The van der Waals surface area contributed by atoms with Gasteiger partial charge in [-0.15, -0.1) is 11.3 Å². The molecule has 2 N–H and O–H groups in total. The largest absolute Gasteiger partial charge is 0.348 e. The van der Waals surface area contributed by atoms with Crippen molar-refractivity contribution in [3.63, 3.8) is 0 Å². The number of carbonyl (C=O) groups is 2. The predicted octanol–water partition coefficient (Wildman–Crippen LogP) is 3.66. The molecule has 1 aromatic carbocycles. The number of fused-ring (bicyclic) bond motifs is 1. The molecule has 1 aliphatic rings. The van der Waals surface area contributed by atoms with Crippen molar-refractivity contribution in [3.05, 3.63) is 68.8 Å². The summed E-state index contributed by atoms with van der Waals surface area (Å²) in [5, 5.41) is 5.48. The molecule has 0 atom stereocenters. The summed E-state index contributed by atoms with van der Waals surface area (Å²) in [7, 11) is -3.73. The molecular formula is C22H21ClN4O4S2. The van der Waals surface area contributed by atoms with Gasteiger partial charge in [0.1, 0.15) is 5.00 Å². The number of sulfone groups is 1. The van der Waals surface area contributed by atoms with Crippen LogP contribution >= 0.6 is 22.9 Å². The van der Waals surface area contributed by atoms with E-state index >= 15 is 0 Å². The molecule has 2 aromatic heterocycles. The Hall–Kier alpha value is -2.82. The molecule has 0 saturated carbocycles. The highest BCUT2D eigenvalue weighted by molar-refractivity contribution is 7.90. The van der Waals surface area contributed by atoms with Crippen molar-refractivity contribution < 1.29 is 18.0 Å². The molecule has 172 valence electrons. The average Bonchev–Trinajstić information content (AvgIpc) is 3.15. The summed E-state index contributed by atoms with van der Waals surface area (Å²) in [5.74, 6) is -0.984.